The molecular formula is C16H17N5. The predicted molar refractivity (Wildman–Crippen MR) is 84.5 cm³/mol. The van der Waals surface area contributed by atoms with Gasteiger partial charge in [0.15, 0.2) is 0 Å². The van der Waals surface area contributed by atoms with E-state index in [9.17, 15) is 0 Å². The smallest absolute Gasteiger partial charge is 0.267 e. The number of aliphatic imine (C=N–C) groups is 1. The van der Waals surface area contributed by atoms with E-state index in [1.165, 1.54) is 0 Å². The number of nitrogens with one attached hydrogen (secondary N) is 2. The van der Waals surface area contributed by atoms with Gasteiger partial charge in [-0.15, -0.1) is 0 Å². The Hall–Kier alpha value is -2.87. The summed E-state index contributed by atoms with van der Waals surface area (Å²) in [6.45, 7) is 9.05. The quantitative estimate of drug-likeness (QED) is 0.390. The van der Waals surface area contributed by atoms with Gasteiger partial charge in [0.2, 0.25) is 0 Å². The van der Waals surface area contributed by atoms with Gasteiger partial charge >= 0.3 is 0 Å². The fraction of sp³-hybridized carbons (Fsp3) is 0.188. The largest absolute Gasteiger partial charge is 0.320 e. The Morgan fingerprint density at radius 3 is 2.71 bits per heavy atom. The molecule has 2 N–H and O–H groups in total. The van der Waals surface area contributed by atoms with Crippen LogP contribution in [-0.4, -0.2) is 10.9 Å². The zero-order valence-electron chi connectivity index (χ0n) is 11.8. The van der Waals surface area contributed by atoms with Crippen LogP contribution in [0.25, 0.3) is 4.95 Å². The Balaban J connectivity index is 2.21. The van der Waals surface area contributed by atoms with Crippen molar-refractivity contribution in [2.45, 2.75) is 19.4 Å². The minimum Gasteiger partial charge on any atom is -0.320 e. The maximum atomic E-state index is 6.98. The summed E-state index contributed by atoms with van der Waals surface area (Å²) in [5.74, 6) is 0.425. The molecule has 0 aliphatic heterocycles. The number of anilines is 1. The molecule has 5 heteroatoms. The van der Waals surface area contributed by atoms with Crippen molar-refractivity contribution < 1.29 is 0 Å². The summed E-state index contributed by atoms with van der Waals surface area (Å²) in [6, 6.07) is 13.7. The van der Waals surface area contributed by atoms with Crippen LogP contribution in [-0.2, 0) is 0 Å². The number of hydrogen-bond donors (Lipinski definition) is 2. The standard InChI is InChI=1S/C16H17N5/c1-3-15(13-8-5-4-6-9-13)20-16(21-17-2)19-14-10-7-11-18-12-14/h4-12,15H,3H2,1H3,(H2,19,20,21)/t15-/m1/s1. The van der Waals surface area contributed by atoms with E-state index >= 15 is 0 Å². The molecule has 1 aromatic heterocycles. The van der Waals surface area contributed by atoms with Gasteiger partial charge in [0, 0.05) is 6.20 Å². The minimum atomic E-state index is -0.000351. The third-order valence-electron chi connectivity index (χ3n) is 2.94. The molecule has 2 rings (SSSR count). The maximum Gasteiger partial charge on any atom is 0.267 e. The molecule has 0 bridgehead atoms. The van der Waals surface area contributed by atoms with Crippen LogP contribution in [0.1, 0.15) is 24.9 Å². The van der Waals surface area contributed by atoms with Gasteiger partial charge in [0.25, 0.3) is 5.96 Å². The van der Waals surface area contributed by atoms with E-state index in [0.717, 1.165) is 17.7 Å². The van der Waals surface area contributed by atoms with Crippen LogP contribution in [0.5, 0.6) is 0 Å². The molecular weight excluding hydrogens is 262 g/mol. The second-order valence-corrected chi connectivity index (χ2v) is 4.40. The van der Waals surface area contributed by atoms with Crippen molar-refractivity contribution in [1.82, 2.24) is 10.4 Å². The molecule has 0 fully saturated rings. The van der Waals surface area contributed by atoms with E-state index in [1.807, 2.05) is 42.5 Å². The Labute approximate surface area is 124 Å². The SMILES string of the molecule is [C-]#[N+]NC(=N[C@H](CC)c1ccccc1)Nc1cccnc1. The van der Waals surface area contributed by atoms with Crippen LogP contribution >= 0.6 is 0 Å². The summed E-state index contributed by atoms with van der Waals surface area (Å²) in [7, 11) is 0. The first-order valence-corrected chi connectivity index (χ1v) is 6.75. The van der Waals surface area contributed by atoms with Gasteiger partial charge in [0.1, 0.15) is 0 Å². The Morgan fingerprint density at radius 1 is 1.29 bits per heavy atom. The van der Waals surface area contributed by atoms with E-state index < -0.39 is 0 Å². The zero-order valence-corrected chi connectivity index (χ0v) is 11.8. The molecule has 0 aliphatic rings. The van der Waals surface area contributed by atoms with E-state index in [4.69, 9.17) is 6.57 Å². The normalized spacial score (nSPS) is 12.3. The molecule has 21 heavy (non-hydrogen) atoms. The molecule has 0 unspecified atom stereocenters. The van der Waals surface area contributed by atoms with Gasteiger partial charge in [-0.3, -0.25) is 4.98 Å². The molecule has 0 spiro atoms. The van der Waals surface area contributed by atoms with Crippen molar-refractivity contribution in [1.29, 1.82) is 0 Å². The molecule has 1 aromatic carbocycles. The van der Waals surface area contributed by atoms with Crippen molar-refractivity contribution >= 4 is 11.6 Å². The third-order valence-corrected chi connectivity index (χ3v) is 2.94. The minimum absolute atomic E-state index is 0.000351. The van der Waals surface area contributed by atoms with E-state index in [2.05, 4.69) is 32.6 Å². The summed E-state index contributed by atoms with van der Waals surface area (Å²) in [6.07, 6.45) is 4.23. The average molecular weight is 279 g/mol. The highest BCUT2D eigenvalue weighted by atomic mass is 15.4. The van der Waals surface area contributed by atoms with E-state index in [1.54, 1.807) is 12.4 Å². The summed E-state index contributed by atoms with van der Waals surface area (Å²) >= 11 is 0. The van der Waals surface area contributed by atoms with Crippen LogP contribution in [0.2, 0.25) is 0 Å². The topological polar surface area (TPSA) is 53.7 Å². The molecule has 0 amide bonds. The van der Waals surface area contributed by atoms with Gasteiger partial charge in [0.05, 0.1) is 17.9 Å². The summed E-state index contributed by atoms with van der Waals surface area (Å²) in [4.78, 5) is 11.8. The molecule has 2 aromatic rings. The van der Waals surface area contributed by atoms with Gasteiger partial charge < -0.3 is 5.32 Å². The number of nitrogens with zero attached hydrogens (tertiary/aromatic N) is 3. The lowest BCUT2D eigenvalue weighted by Gasteiger charge is -2.12. The second kappa shape index (κ2) is 7.65. The monoisotopic (exact) mass is 279 g/mol. The summed E-state index contributed by atoms with van der Waals surface area (Å²) in [5.41, 5.74) is 4.48. The fourth-order valence-electron chi connectivity index (χ4n) is 1.95. The number of rotatable bonds is 4. The van der Waals surface area contributed by atoms with E-state index in [-0.39, 0.29) is 6.04 Å². The van der Waals surface area contributed by atoms with Crippen LogP contribution < -0.4 is 10.7 Å². The third kappa shape index (κ3) is 4.32. The highest BCUT2D eigenvalue weighted by Gasteiger charge is 2.10. The Bertz CT molecular complexity index is 616. The molecule has 0 saturated heterocycles. The number of pyridine rings is 1. The first kappa shape index (κ1) is 14.5. The molecule has 0 radical (unpaired) electrons. The fourth-order valence-corrected chi connectivity index (χ4v) is 1.95. The first-order chi connectivity index (χ1) is 10.3. The van der Waals surface area contributed by atoms with Crippen molar-refractivity contribution in [2.75, 3.05) is 5.32 Å². The predicted octanol–water partition coefficient (Wildman–Crippen LogP) is 3.42. The van der Waals surface area contributed by atoms with Crippen LogP contribution in [0, 0.1) is 6.57 Å². The lowest BCUT2D eigenvalue weighted by molar-refractivity contribution is 0.697. The number of hydrogen-bond acceptors (Lipinski definition) is 2. The lowest BCUT2D eigenvalue weighted by atomic mass is 10.1. The molecule has 5 nitrogen and oxygen atoms in total. The lowest BCUT2D eigenvalue weighted by Crippen LogP contribution is -2.26. The number of aromatic nitrogens is 1. The van der Waals surface area contributed by atoms with Crippen LogP contribution in [0.3, 0.4) is 0 Å². The van der Waals surface area contributed by atoms with Gasteiger partial charge in [-0.05, 0) is 24.1 Å². The maximum absolute atomic E-state index is 6.98. The Morgan fingerprint density at radius 2 is 2.10 bits per heavy atom. The van der Waals surface area contributed by atoms with Crippen molar-refractivity contribution in [2.24, 2.45) is 4.99 Å². The Kier molecular flexibility index (Phi) is 5.30. The van der Waals surface area contributed by atoms with Crippen LogP contribution in [0.15, 0.2) is 59.9 Å². The first-order valence-electron chi connectivity index (χ1n) is 6.75. The molecule has 106 valence electrons. The van der Waals surface area contributed by atoms with Crippen LogP contribution in [0.4, 0.5) is 5.69 Å². The zero-order chi connectivity index (χ0) is 14.9. The highest BCUT2D eigenvalue weighted by Crippen LogP contribution is 2.20. The summed E-state index contributed by atoms with van der Waals surface area (Å²) in [5, 5.41) is 3.08. The number of guanidine groups is 1. The van der Waals surface area contributed by atoms with Gasteiger partial charge in [-0.2, -0.15) is 11.5 Å². The van der Waals surface area contributed by atoms with Gasteiger partial charge in [-0.25, -0.2) is 4.99 Å². The van der Waals surface area contributed by atoms with Crippen molar-refractivity contribution in [3.05, 3.63) is 71.9 Å². The highest BCUT2D eigenvalue weighted by molar-refractivity contribution is 5.93. The average Bonchev–Trinajstić information content (AvgIpc) is 2.54. The van der Waals surface area contributed by atoms with Crippen molar-refractivity contribution in [3.63, 3.8) is 0 Å². The molecule has 1 heterocycles. The van der Waals surface area contributed by atoms with Gasteiger partial charge in [-0.1, -0.05) is 42.7 Å². The molecule has 0 aliphatic carbocycles. The molecule has 1 atom stereocenters. The summed E-state index contributed by atoms with van der Waals surface area (Å²) < 4.78 is 0. The number of benzene rings is 1. The van der Waals surface area contributed by atoms with Crippen molar-refractivity contribution in [3.8, 4) is 0 Å². The van der Waals surface area contributed by atoms with E-state index in [0.29, 0.717) is 5.96 Å². The second-order valence-electron chi connectivity index (χ2n) is 4.40. The molecule has 0 saturated carbocycles.